The summed E-state index contributed by atoms with van der Waals surface area (Å²) in [6.45, 7) is 1.40. The molecule has 0 aliphatic carbocycles. The van der Waals surface area contributed by atoms with Crippen molar-refractivity contribution in [2.24, 2.45) is 5.92 Å². The van der Waals surface area contributed by atoms with Crippen LogP contribution in [0.3, 0.4) is 0 Å². The van der Waals surface area contributed by atoms with Crippen LogP contribution >= 0.6 is 0 Å². The van der Waals surface area contributed by atoms with Crippen LogP contribution in [0.4, 0.5) is 5.69 Å². The van der Waals surface area contributed by atoms with Gasteiger partial charge in [0.25, 0.3) is 5.91 Å². The Morgan fingerprint density at radius 1 is 1.04 bits per heavy atom. The molecule has 0 spiro atoms. The van der Waals surface area contributed by atoms with Gasteiger partial charge in [-0.3, -0.25) is 9.10 Å². The number of carbonyl (C=O) groups excluding carboxylic acids is 1. The molecule has 27 heavy (non-hydrogen) atoms. The van der Waals surface area contributed by atoms with Crippen molar-refractivity contribution in [1.29, 1.82) is 0 Å². The highest BCUT2D eigenvalue weighted by atomic mass is 32.2. The fraction of sp³-hybridized carbons (Fsp3) is 0.381. The lowest BCUT2D eigenvalue weighted by atomic mass is 9.90. The molecule has 2 aromatic carbocycles. The van der Waals surface area contributed by atoms with Crippen LogP contribution in [0.1, 0.15) is 28.8 Å². The minimum atomic E-state index is -3.42. The van der Waals surface area contributed by atoms with E-state index in [0.717, 1.165) is 25.5 Å². The summed E-state index contributed by atoms with van der Waals surface area (Å²) in [6, 6.07) is 17.3. The number of nitrogens with zero attached hydrogens (tertiary/aromatic N) is 2. The van der Waals surface area contributed by atoms with E-state index in [1.165, 1.54) is 16.9 Å². The molecule has 6 heteroatoms. The van der Waals surface area contributed by atoms with Crippen molar-refractivity contribution in [3.05, 3.63) is 65.7 Å². The van der Waals surface area contributed by atoms with Crippen LogP contribution in [-0.4, -0.2) is 45.6 Å². The second kappa shape index (κ2) is 8.13. The molecule has 0 bridgehead atoms. The second-order valence-electron chi connectivity index (χ2n) is 7.17. The Morgan fingerprint density at radius 2 is 1.63 bits per heavy atom. The predicted molar refractivity (Wildman–Crippen MR) is 108 cm³/mol. The van der Waals surface area contributed by atoms with Gasteiger partial charge < -0.3 is 4.90 Å². The van der Waals surface area contributed by atoms with E-state index >= 15 is 0 Å². The number of hydrogen-bond acceptors (Lipinski definition) is 3. The first-order valence-corrected chi connectivity index (χ1v) is 11.1. The Kier molecular flexibility index (Phi) is 5.85. The quantitative estimate of drug-likeness (QED) is 0.793. The van der Waals surface area contributed by atoms with Gasteiger partial charge in [-0.15, -0.1) is 0 Å². The molecule has 5 nitrogen and oxygen atoms in total. The Labute approximate surface area is 161 Å². The average molecular weight is 387 g/mol. The SMILES string of the molecule is CN(c1ccccc1C(=O)N1CCC(Cc2ccccc2)CC1)S(C)(=O)=O. The first kappa shape index (κ1) is 19.4. The topological polar surface area (TPSA) is 57.7 Å². The number of piperidine rings is 1. The van der Waals surface area contributed by atoms with Crippen LogP contribution in [0.25, 0.3) is 0 Å². The summed E-state index contributed by atoms with van der Waals surface area (Å²) in [5.74, 6) is 0.477. The number of rotatable bonds is 5. The van der Waals surface area contributed by atoms with Crippen molar-refractivity contribution in [1.82, 2.24) is 4.90 Å². The van der Waals surface area contributed by atoms with Gasteiger partial charge in [0.1, 0.15) is 0 Å². The maximum absolute atomic E-state index is 13.0. The standard InChI is InChI=1S/C21H26N2O3S/c1-22(27(2,25)26)20-11-7-6-10-19(20)21(24)23-14-12-18(13-15-23)16-17-8-4-3-5-9-17/h3-11,18H,12-16H2,1-2H3. The van der Waals surface area contributed by atoms with Crippen LogP contribution in [0, 0.1) is 5.92 Å². The Hall–Kier alpha value is -2.34. The summed E-state index contributed by atoms with van der Waals surface area (Å²) in [5, 5.41) is 0. The maximum Gasteiger partial charge on any atom is 0.255 e. The lowest BCUT2D eigenvalue weighted by Crippen LogP contribution is -2.39. The highest BCUT2D eigenvalue weighted by Gasteiger charge is 2.27. The molecule has 1 aliphatic rings. The van der Waals surface area contributed by atoms with Gasteiger partial charge in [-0.2, -0.15) is 0 Å². The lowest BCUT2D eigenvalue weighted by molar-refractivity contribution is 0.0691. The fourth-order valence-corrected chi connectivity index (χ4v) is 4.08. The summed E-state index contributed by atoms with van der Waals surface area (Å²) in [7, 11) is -1.94. The van der Waals surface area contributed by atoms with Gasteiger partial charge in [0, 0.05) is 20.1 Å². The summed E-state index contributed by atoms with van der Waals surface area (Å²) in [6.07, 6.45) is 4.11. The van der Waals surface area contributed by atoms with Crippen molar-refractivity contribution in [2.45, 2.75) is 19.3 Å². The predicted octanol–water partition coefficient (Wildman–Crippen LogP) is 3.18. The van der Waals surface area contributed by atoms with Gasteiger partial charge >= 0.3 is 0 Å². The molecule has 1 heterocycles. The molecule has 144 valence electrons. The van der Waals surface area contributed by atoms with Gasteiger partial charge in [0.15, 0.2) is 0 Å². The Bertz CT molecular complexity index is 889. The summed E-state index contributed by atoms with van der Waals surface area (Å²) < 4.78 is 25.0. The molecule has 0 saturated carbocycles. The first-order valence-electron chi connectivity index (χ1n) is 9.22. The van der Waals surface area contributed by atoms with E-state index in [9.17, 15) is 13.2 Å². The molecule has 3 rings (SSSR count). The zero-order valence-electron chi connectivity index (χ0n) is 15.8. The highest BCUT2D eigenvalue weighted by molar-refractivity contribution is 7.92. The average Bonchev–Trinajstić information content (AvgIpc) is 2.67. The van der Waals surface area contributed by atoms with E-state index in [1.54, 1.807) is 24.3 Å². The Balaban J connectivity index is 1.68. The van der Waals surface area contributed by atoms with E-state index in [2.05, 4.69) is 24.3 Å². The number of hydrogen-bond donors (Lipinski definition) is 0. The van der Waals surface area contributed by atoms with E-state index < -0.39 is 10.0 Å². The summed E-state index contributed by atoms with van der Waals surface area (Å²) >= 11 is 0. The molecule has 2 aromatic rings. The van der Waals surface area contributed by atoms with Crippen molar-refractivity contribution in [2.75, 3.05) is 30.7 Å². The molecule has 0 unspecified atom stereocenters. The minimum absolute atomic E-state index is 0.0979. The molecule has 1 aliphatic heterocycles. The smallest absolute Gasteiger partial charge is 0.255 e. The Morgan fingerprint density at radius 3 is 2.26 bits per heavy atom. The van der Waals surface area contributed by atoms with Gasteiger partial charge in [-0.1, -0.05) is 42.5 Å². The van der Waals surface area contributed by atoms with Gasteiger partial charge in [-0.25, -0.2) is 8.42 Å². The van der Waals surface area contributed by atoms with E-state index in [0.29, 0.717) is 30.3 Å². The van der Waals surface area contributed by atoms with Gasteiger partial charge in [0.05, 0.1) is 17.5 Å². The monoisotopic (exact) mass is 386 g/mol. The number of carbonyl (C=O) groups is 1. The summed E-state index contributed by atoms with van der Waals surface area (Å²) in [5.41, 5.74) is 2.20. The maximum atomic E-state index is 13.0. The number of para-hydroxylation sites is 1. The molecular formula is C21H26N2O3S. The van der Waals surface area contributed by atoms with Crippen LogP contribution in [0.15, 0.2) is 54.6 Å². The van der Waals surface area contributed by atoms with Gasteiger partial charge in [0.2, 0.25) is 10.0 Å². The van der Waals surface area contributed by atoms with Crippen LogP contribution in [0.2, 0.25) is 0 Å². The van der Waals surface area contributed by atoms with Crippen LogP contribution in [0.5, 0.6) is 0 Å². The molecule has 0 radical (unpaired) electrons. The molecule has 1 fully saturated rings. The van der Waals surface area contributed by atoms with Crippen molar-refractivity contribution >= 4 is 21.6 Å². The third-order valence-corrected chi connectivity index (χ3v) is 6.43. The second-order valence-corrected chi connectivity index (χ2v) is 9.19. The number of likely N-dealkylation sites (tertiary alicyclic amines) is 1. The molecule has 0 atom stereocenters. The number of anilines is 1. The van der Waals surface area contributed by atoms with E-state index in [-0.39, 0.29) is 5.91 Å². The van der Waals surface area contributed by atoms with Gasteiger partial charge in [-0.05, 0) is 42.9 Å². The third kappa shape index (κ3) is 4.69. The summed E-state index contributed by atoms with van der Waals surface area (Å²) in [4.78, 5) is 14.9. The van der Waals surface area contributed by atoms with Crippen LogP contribution < -0.4 is 4.31 Å². The minimum Gasteiger partial charge on any atom is -0.339 e. The van der Waals surface area contributed by atoms with Crippen LogP contribution in [-0.2, 0) is 16.4 Å². The molecule has 1 amide bonds. The molecule has 0 N–H and O–H groups in total. The van der Waals surface area contributed by atoms with E-state index in [1.807, 2.05) is 11.0 Å². The zero-order chi connectivity index (χ0) is 19.4. The third-order valence-electron chi connectivity index (χ3n) is 5.24. The van der Waals surface area contributed by atoms with Crippen molar-refractivity contribution in [3.63, 3.8) is 0 Å². The van der Waals surface area contributed by atoms with Crippen molar-refractivity contribution in [3.8, 4) is 0 Å². The normalized spacial score (nSPS) is 15.6. The molecular weight excluding hydrogens is 360 g/mol. The first-order chi connectivity index (χ1) is 12.9. The molecule has 1 saturated heterocycles. The number of sulfonamides is 1. The number of amides is 1. The lowest BCUT2D eigenvalue weighted by Gasteiger charge is -2.33. The fourth-order valence-electron chi connectivity index (χ4n) is 3.57. The highest BCUT2D eigenvalue weighted by Crippen LogP contribution is 2.26. The zero-order valence-corrected chi connectivity index (χ0v) is 16.7. The van der Waals surface area contributed by atoms with E-state index in [4.69, 9.17) is 0 Å². The largest absolute Gasteiger partial charge is 0.339 e. The van der Waals surface area contributed by atoms with Crippen molar-refractivity contribution < 1.29 is 13.2 Å². The number of benzene rings is 2. The molecule has 0 aromatic heterocycles.